The van der Waals surface area contributed by atoms with Crippen LogP contribution in [0.2, 0.25) is 0 Å². The molecule has 0 saturated heterocycles. The summed E-state index contributed by atoms with van der Waals surface area (Å²) in [5.74, 6) is 0. The molecule has 0 aliphatic rings. The molecule has 18 heavy (non-hydrogen) atoms. The first-order valence-electron chi connectivity index (χ1n) is 6.15. The van der Waals surface area contributed by atoms with Gasteiger partial charge in [0.1, 0.15) is 0 Å². The highest BCUT2D eigenvalue weighted by Crippen LogP contribution is 2.28. The minimum absolute atomic E-state index is 0.448. The molecule has 0 spiro atoms. The standard InChI is InChI=1S/C15H19NOS/c1-9-5-6-10(2)13(7-9)8-14(17)15-11(3)16-12(4)18-15/h5-7,14,17H,8H2,1-4H3. The number of hydrogen-bond donors (Lipinski definition) is 1. The van der Waals surface area contributed by atoms with Gasteiger partial charge in [0.2, 0.25) is 0 Å². The number of aliphatic hydroxyl groups excluding tert-OH is 1. The quantitative estimate of drug-likeness (QED) is 0.914. The van der Waals surface area contributed by atoms with Crippen LogP contribution in [0.25, 0.3) is 0 Å². The van der Waals surface area contributed by atoms with Gasteiger partial charge in [0, 0.05) is 6.42 Å². The van der Waals surface area contributed by atoms with Gasteiger partial charge >= 0.3 is 0 Å². The molecule has 1 aromatic carbocycles. The van der Waals surface area contributed by atoms with Gasteiger partial charge in [-0.1, -0.05) is 23.8 Å². The Balaban J connectivity index is 2.23. The second-order valence-electron chi connectivity index (χ2n) is 4.83. The average molecular weight is 261 g/mol. The van der Waals surface area contributed by atoms with Crippen molar-refractivity contribution in [2.45, 2.75) is 40.2 Å². The second-order valence-corrected chi connectivity index (χ2v) is 6.07. The van der Waals surface area contributed by atoms with Crippen LogP contribution in [0.5, 0.6) is 0 Å². The summed E-state index contributed by atoms with van der Waals surface area (Å²) < 4.78 is 0. The van der Waals surface area contributed by atoms with Gasteiger partial charge in [-0.25, -0.2) is 4.98 Å². The van der Waals surface area contributed by atoms with E-state index in [0.717, 1.165) is 15.6 Å². The third-order valence-corrected chi connectivity index (χ3v) is 4.33. The Hall–Kier alpha value is -1.19. The lowest BCUT2D eigenvalue weighted by Gasteiger charge is -2.12. The van der Waals surface area contributed by atoms with Gasteiger partial charge in [-0.05, 0) is 38.8 Å². The van der Waals surface area contributed by atoms with E-state index in [9.17, 15) is 5.11 Å². The van der Waals surface area contributed by atoms with Gasteiger partial charge in [-0.15, -0.1) is 11.3 Å². The third kappa shape index (κ3) is 2.79. The summed E-state index contributed by atoms with van der Waals surface area (Å²) in [5.41, 5.74) is 4.64. The van der Waals surface area contributed by atoms with Crippen molar-refractivity contribution in [1.29, 1.82) is 0 Å². The molecule has 1 unspecified atom stereocenters. The molecular formula is C15H19NOS. The van der Waals surface area contributed by atoms with Gasteiger partial charge in [0.05, 0.1) is 21.7 Å². The molecule has 1 N–H and O–H groups in total. The molecule has 0 radical (unpaired) electrons. The molecule has 2 aromatic rings. The first-order chi connectivity index (χ1) is 8.47. The molecular weight excluding hydrogens is 242 g/mol. The molecule has 2 nitrogen and oxygen atoms in total. The topological polar surface area (TPSA) is 33.1 Å². The number of aryl methyl sites for hydroxylation is 4. The van der Waals surface area contributed by atoms with Crippen LogP contribution in [0.15, 0.2) is 18.2 Å². The van der Waals surface area contributed by atoms with Gasteiger partial charge in [0.15, 0.2) is 0 Å². The number of aromatic nitrogens is 1. The van der Waals surface area contributed by atoms with Crippen LogP contribution in [0.3, 0.4) is 0 Å². The molecule has 1 atom stereocenters. The number of rotatable bonds is 3. The van der Waals surface area contributed by atoms with E-state index < -0.39 is 6.10 Å². The molecule has 0 saturated carbocycles. The number of hydrogen-bond acceptors (Lipinski definition) is 3. The maximum atomic E-state index is 10.4. The van der Waals surface area contributed by atoms with E-state index in [-0.39, 0.29) is 0 Å². The minimum Gasteiger partial charge on any atom is -0.387 e. The zero-order valence-corrected chi connectivity index (χ0v) is 12.1. The lowest BCUT2D eigenvalue weighted by atomic mass is 9.99. The molecule has 0 amide bonds. The number of thiazole rings is 1. The van der Waals surface area contributed by atoms with Gasteiger partial charge in [-0.3, -0.25) is 0 Å². The normalized spacial score (nSPS) is 12.7. The fourth-order valence-corrected chi connectivity index (χ4v) is 3.09. The molecule has 0 fully saturated rings. The Morgan fingerprint density at radius 1 is 1.22 bits per heavy atom. The van der Waals surface area contributed by atoms with Crippen LogP contribution in [0, 0.1) is 27.7 Å². The van der Waals surface area contributed by atoms with Crippen molar-refractivity contribution >= 4 is 11.3 Å². The SMILES string of the molecule is Cc1ccc(C)c(CC(O)c2sc(C)nc2C)c1. The fraction of sp³-hybridized carbons (Fsp3) is 0.400. The smallest absolute Gasteiger partial charge is 0.0941 e. The lowest BCUT2D eigenvalue weighted by molar-refractivity contribution is 0.181. The highest BCUT2D eigenvalue weighted by Gasteiger charge is 2.16. The molecule has 0 aliphatic heterocycles. The first kappa shape index (κ1) is 13.2. The predicted molar refractivity (Wildman–Crippen MR) is 76.2 cm³/mol. The van der Waals surface area contributed by atoms with Crippen LogP contribution in [-0.4, -0.2) is 10.1 Å². The van der Waals surface area contributed by atoms with Gasteiger partial charge < -0.3 is 5.11 Å². The van der Waals surface area contributed by atoms with Crippen molar-refractivity contribution < 1.29 is 5.11 Å². The van der Waals surface area contributed by atoms with E-state index >= 15 is 0 Å². The van der Waals surface area contributed by atoms with Crippen LogP contribution >= 0.6 is 11.3 Å². The summed E-state index contributed by atoms with van der Waals surface area (Å²) >= 11 is 1.59. The number of benzene rings is 1. The fourth-order valence-electron chi connectivity index (χ4n) is 2.18. The van der Waals surface area contributed by atoms with Crippen molar-refractivity contribution in [2.75, 3.05) is 0 Å². The molecule has 0 bridgehead atoms. The third-order valence-electron chi connectivity index (χ3n) is 3.16. The van der Waals surface area contributed by atoms with Crippen molar-refractivity contribution in [2.24, 2.45) is 0 Å². The second kappa shape index (κ2) is 5.21. The molecule has 3 heteroatoms. The summed E-state index contributed by atoms with van der Waals surface area (Å²) in [7, 11) is 0. The summed E-state index contributed by atoms with van der Waals surface area (Å²) in [5, 5.41) is 11.4. The molecule has 1 heterocycles. The maximum absolute atomic E-state index is 10.4. The Morgan fingerprint density at radius 3 is 2.56 bits per heavy atom. The van der Waals surface area contributed by atoms with Crippen molar-refractivity contribution in [3.63, 3.8) is 0 Å². The van der Waals surface area contributed by atoms with Crippen LogP contribution in [0.1, 0.15) is 38.4 Å². The molecule has 2 rings (SSSR count). The Morgan fingerprint density at radius 2 is 1.94 bits per heavy atom. The number of aliphatic hydroxyl groups is 1. The minimum atomic E-state index is -0.448. The summed E-state index contributed by atoms with van der Waals surface area (Å²) in [6, 6.07) is 6.37. The summed E-state index contributed by atoms with van der Waals surface area (Å²) in [6.45, 7) is 8.11. The van der Waals surface area contributed by atoms with E-state index in [1.54, 1.807) is 11.3 Å². The van der Waals surface area contributed by atoms with Crippen molar-refractivity contribution in [3.8, 4) is 0 Å². The van der Waals surface area contributed by atoms with E-state index in [2.05, 4.69) is 37.0 Å². The Bertz CT molecular complexity index is 560. The predicted octanol–water partition coefficient (Wildman–Crippen LogP) is 3.65. The average Bonchev–Trinajstić information content (AvgIpc) is 2.63. The Kier molecular flexibility index (Phi) is 3.83. The Labute approximate surface area is 112 Å². The van der Waals surface area contributed by atoms with Crippen molar-refractivity contribution in [1.82, 2.24) is 4.98 Å². The lowest BCUT2D eigenvalue weighted by Crippen LogP contribution is -2.03. The van der Waals surface area contributed by atoms with E-state index in [4.69, 9.17) is 0 Å². The number of nitrogens with zero attached hydrogens (tertiary/aromatic N) is 1. The summed E-state index contributed by atoms with van der Waals surface area (Å²) in [4.78, 5) is 5.37. The highest BCUT2D eigenvalue weighted by molar-refractivity contribution is 7.11. The van der Waals surface area contributed by atoms with E-state index in [1.807, 2.05) is 13.8 Å². The van der Waals surface area contributed by atoms with Gasteiger partial charge in [-0.2, -0.15) is 0 Å². The van der Waals surface area contributed by atoms with E-state index in [0.29, 0.717) is 6.42 Å². The summed E-state index contributed by atoms with van der Waals surface area (Å²) in [6.07, 6.45) is 0.215. The zero-order chi connectivity index (χ0) is 13.3. The van der Waals surface area contributed by atoms with Crippen LogP contribution < -0.4 is 0 Å². The highest BCUT2D eigenvalue weighted by atomic mass is 32.1. The van der Waals surface area contributed by atoms with Gasteiger partial charge in [0.25, 0.3) is 0 Å². The largest absolute Gasteiger partial charge is 0.387 e. The zero-order valence-electron chi connectivity index (χ0n) is 11.3. The van der Waals surface area contributed by atoms with E-state index in [1.165, 1.54) is 16.7 Å². The van der Waals surface area contributed by atoms with Crippen LogP contribution in [-0.2, 0) is 6.42 Å². The molecule has 96 valence electrons. The molecule has 0 aliphatic carbocycles. The van der Waals surface area contributed by atoms with Crippen molar-refractivity contribution in [3.05, 3.63) is 50.5 Å². The monoisotopic (exact) mass is 261 g/mol. The maximum Gasteiger partial charge on any atom is 0.0941 e. The van der Waals surface area contributed by atoms with Crippen LogP contribution in [0.4, 0.5) is 0 Å². The molecule has 1 aromatic heterocycles. The first-order valence-corrected chi connectivity index (χ1v) is 6.97.